The predicted octanol–water partition coefficient (Wildman–Crippen LogP) is 2.85. The van der Waals surface area contributed by atoms with E-state index in [4.69, 9.17) is 9.47 Å². The van der Waals surface area contributed by atoms with Crippen molar-refractivity contribution >= 4 is 0 Å². The van der Waals surface area contributed by atoms with Gasteiger partial charge in [-0.1, -0.05) is 12.2 Å². The zero-order valence-electron chi connectivity index (χ0n) is 11.6. The Hall–Kier alpha value is -1.48. The molecule has 20 heavy (non-hydrogen) atoms. The summed E-state index contributed by atoms with van der Waals surface area (Å²) in [5.41, 5.74) is 3.30. The van der Waals surface area contributed by atoms with Gasteiger partial charge in [0.15, 0.2) is 11.5 Å². The molecule has 3 heterocycles. The summed E-state index contributed by atoms with van der Waals surface area (Å²) < 4.78 is 11.2. The largest absolute Gasteiger partial charge is 0.454 e. The quantitative estimate of drug-likeness (QED) is 0.676. The van der Waals surface area contributed by atoms with Crippen molar-refractivity contribution in [2.75, 3.05) is 19.9 Å². The minimum absolute atomic E-state index is 0.360. The SMILES string of the molecule is C1=C[C@H]2c3cc4c(cc3CCN3CCC[C@]23C1)OCO4. The topological polar surface area (TPSA) is 21.7 Å². The van der Waals surface area contributed by atoms with Gasteiger partial charge >= 0.3 is 0 Å². The highest BCUT2D eigenvalue weighted by Gasteiger charge is 2.49. The van der Waals surface area contributed by atoms with Gasteiger partial charge in [0.05, 0.1) is 0 Å². The molecule has 3 nitrogen and oxygen atoms in total. The Morgan fingerprint density at radius 2 is 2.05 bits per heavy atom. The van der Waals surface area contributed by atoms with Gasteiger partial charge in [0.1, 0.15) is 0 Å². The van der Waals surface area contributed by atoms with Gasteiger partial charge in [-0.25, -0.2) is 0 Å². The van der Waals surface area contributed by atoms with Gasteiger partial charge in [0.25, 0.3) is 0 Å². The third kappa shape index (κ3) is 1.29. The van der Waals surface area contributed by atoms with Crippen LogP contribution >= 0.6 is 0 Å². The highest BCUT2D eigenvalue weighted by atomic mass is 16.7. The normalized spacial score (nSPS) is 33.7. The maximum Gasteiger partial charge on any atom is 0.231 e. The minimum atomic E-state index is 0.360. The van der Waals surface area contributed by atoms with E-state index in [9.17, 15) is 0 Å². The van der Waals surface area contributed by atoms with E-state index >= 15 is 0 Å². The van der Waals surface area contributed by atoms with Crippen LogP contribution in [0, 0.1) is 0 Å². The average Bonchev–Trinajstić information content (AvgIpc) is 3.16. The zero-order chi connectivity index (χ0) is 13.2. The van der Waals surface area contributed by atoms with Crippen molar-refractivity contribution in [2.24, 2.45) is 0 Å². The lowest BCUT2D eigenvalue weighted by molar-refractivity contribution is 0.140. The summed E-state index contributed by atoms with van der Waals surface area (Å²) in [6.45, 7) is 2.82. The van der Waals surface area contributed by atoms with Gasteiger partial charge in [-0.3, -0.25) is 4.90 Å². The average molecular weight is 269 g/mol. The second kappa shape index (κ2) is 3.79. The monoisotopic (exact) mass is 269 g/mol. The molecule has 0 saturated carbocycles. The van der Waals surface area contributed by atoms with E-state index in [0.29, 0.717) is 18.2 Å². The Bertz CT molecular complexity index is 609. The Balaban J connectivity index is 1.69. The summed E-state index contributed by atoms with van der Waals surface area (Å²) in [7, 11) is 0. The molecule has 3 aliphatic heterocycles. The standard InChI is InChI=1S/C17H19NO2/c1-3-14-13-10-16-15(19-11-20-16)9-12(13)4-8-18-7-2-6-17(14,18)5-1/h1,3,9-10,14H,2,4-8,11H2/t14-,17+/m0/s1. The van der Waals surface area contributed by atoms with Gasteiger partial charge in [0, 0.05) is 18.0 Å². The minimum Gasteiger partial charge on any atom is -0.454 e. The lowest BCUT2D eigenvalue weighted by Gasteiger charge is -2.39. The first-order valence-electron chi connectivity index (χ1n) is 7.71. The fourth-order valence-corrected chi connectivity index (χ4v) is 4.74. The molecule has 1 aliphatic carbocycles. The van der Waals surface area contributed by atoms with Crippen LogP contribution in [0.5, 0.6) is 11.5 Å². The fraction of sp³-hybridized carbons (Fsp3) is 0.529. The number of nitrogens with zero attached hydrogens (tertiary/aromatic N) is 1. The van der Waals surface area contributed by atoms with Crippen LogP contribution in [0.3, 0.4) is 0 Å². The Morgan fingerprint density at radius 1 is 1.15 bits per heavy atom. The molecule has 1 saturated heterocycles. The van der Waals surface area contributed by atoms with Crippen molar-refractivity contribution in [1.29, 1.82) is 0 Å². The van der Waals surface area contributed by atoms with E-state index in [0.717, 1.165) is 17.9 Å². The summed E-state index contributed by atoms with van der Waals surface area (Å²) in [4.78, 5) is 2.74. The third-order valence-electron chi connectivity index (χ3n) is 5.67. The van der Waals surface area contributed by atoms with Crippen LogP contribution in [0.2, 0.25) is 0 Å². The van der Waals surface area contributed by atoms with Crippen LogP contribution < -0.4 is 9.47 Å². The molecule has 1 spiro atoms. The van der Waals surface area contributed by atoms with Gasteiger partial charge < -0.3 is 9.47 Å². The van der Waals surface area contributed by atoms with Crippen molar-refractivity contribution in [3.8, 4) is 11.5 Å². The first kappa shape index (κ1) is 11.2. The lowest BCUT2D eigenvalue weighted by atomic mass is 9.79. The number of hydrogen-bond acceptors (Lipinski definition) is 3. The van der Waals surface area contributed by atoms with Crippen LogP contribution in [0.4, 0.5) is 0 Å². The summed E-state index contributed by atoms with van der Waals surface area (Å²) in [5.74, 6) is 2.41. The number of benzene rings is 1. The van der Waals surface area contributed by atoms with E-state index in [2.05, 4.69) is 29.2 Å². The molecule has 0 amide bonds. The van der Waals surface area contributed by atoms with Gasteiger partial charge in [-0.05, 0) is 55.5 Å². The summed E-state index contributed by atoms with van der Waals surface area (Å²) >= 11 is 0. The first-order chi connectivity index (χ1) is 9.87. The molecule has 1 fully saturated rings. The number of hydrogen-bond donors (Lipinski definition) is 0. The smallest absolute Gasteiger partial charge is 0.231 e. The molecule has 2 atom stereocenters. The van der Waals surface area contributed by atoms with E-state index in [1.54, 1.807) is 0 Å². The molecule has 0 N–H and O–H groups in total. The van der Waals surface area contributed by atoms with E-state index < -0.39 is 0 Å². The van der Waals surface area contributed by atoms with Gasteiger partial charge in [0.2, 0.25) is 6.79 Å². The predicted molar refractivity (Wildman–Crippen MR) is 76.3 cm³/mol. The molecule has 3 heteroatoms. The van der Waals surface area contributed by atoms with Crippen molar-refractivity contribution in [3.05, 3.63) is 35.4 Å². The van der Waals surface area contributed by atoms with Crippen LogP contribution in [0.15, 0.2) is 24.3 Å². The molecule has 104 valence electrons. The molecule has 1 aromatic rings. The highest BCUT2D eigenvalue weighted by molar-refractivity contribution is 5.53. The fourth-order valence-electron chi connectivity index (χ4n) is 4.74. The van der Waals surface area contributed by atoms with Crippen molar-refractivity contribution in [1.82, 2.24) is 4.90 Å². The van der Waals surface area contributed by atoms with Crippen LogP contribution in [-0.4, -0.2) is 30.3 Å². The third-order valence-corrected chi connectivity index (χ3v) is 5.67. The molecule has 0 aromatic heterocycles. The van der Waals surface area contributed by atoms with E-state index in [-0.39, 0.29) is 0 Å². The molecule has 0 bridgehead atoms. The molecular formula is C17H19NO2. The van der Waals surface area contributed by atoms with Crippen LogP contribution in [0.1, 0.15) is 36.3 Å². The van der Waals surface area contributed by atoms with E-state index in [1.165, 1.54) is 43.5 Å². The molecule has 0 radical (unpaired) electrons. The second-order valence-electron chi connectivity index (χ2n) is 6.46. The zero-order valence-corrected chi connectivity index (χ0v) is 11.6. The van der Waals surface area contributed by atoms with Crippen molar-refractivity contribution in [2.45, 2.75) is 37.1 Å². The second-order valence-corrected chi connectivity index (χ2v) is 6.46. The Morgan fingerprint density at radius 3 is 3.00 bits per heavy atom. The molecular weight excluding hydrogens is 250 g/mol. The van der Waals surface area contributed by atoms with Crippen molar-refractivity contribution in [3.63, 3.8) is 0 Å². The van der Waals surface area contributed by atoms with Crippen LogP contribution in [-0.2, 0) is 6.42 Å². The maximum absolute atomic E-state index is 5.60. The molecule has 5 rings (SSSR count). The Labute approximate surface area is 119 Å². The summed E-state index contributed by atoms with van der Waals surface area (Å²) in [6.07, 6.45) is 9.85. The first-order valence-corrected chi connectivity index (χ1v) is 7.71. The van der Waals surface area contributed by atoms with Gasteiger partial charge in [-0.2, -0.15) is 0 Å². The Kier molecular flexibility index (Phi) is 2.12. The van der Waals surface area contributed by atoms with Gasteiger partial charge in [-0.15, -0.1) is 0 Å². The number of fused-ring (bicyclic) bond motifs is 3. The number of rotatable bonds is 0. The van der Waals surface area contributed by atoms with E-state index in [1.807, 2.05) is 0 Å². The summed E-state index contributed by atoms with van der Waals surface area (Å²) in [6, 6.07) is 4.47. The maximum atomic E-state index is 5.60. The van der Waals surface area contributed by atoms with Crippen molar-refractivity contribution < 1.29 is 9.47 Å². The molecule has 1 aromatic carbocycles. The lowest BCUT2D eigenvalue weighted by Crippen LogP contribution is -2.45. The molecule has 0 unspecified atom stereocenters. The molecule has 4 aliphatic rings. The summed E-state index contributed by atoms with van der Waals surface area (Å²) in [5, 5.41) is 0. The van der Waals surface area contributed by atoms with Crippen LogP contribution in [0.25, 0.3) is 0 Å². The highest BCUT2D eigenvalue weighted by Crippen LogP contribution is 2.52. The number of ether oxygens (including phenoxy) is 2.